The predicted octanol–water partition coefficient (Wildman–Crippen LogP) is 2.07. The van der Waals surface area contributed by atoms with E-state index in [1.54, 1.807) is 0 Å². The van der Waals surface area contributed by atoms with E-state index in [-0.39, 0.29) is 23.4 Å². The molecule has 94 valence electrons. The summed E-state index contributed by atoms with van der Waals surface area (Å²) in [4.78, 5) is 14.0. The number of aliphatic hydroxyl groups excluding tert-OH is 1. The number of aliphatic hydroxyl groups is 1. The largest absolute Gasteiger partial charge is 0.396 e. The molecule has 1 rings (SSSR count). The first-order valence-electron chi connectivity index (χ1n) is 5.19. The van der Waals surface area contributed by atoms with Gasteiger partial charge >= 0.3 is 0 Å². The molecule has 0 saturated carbocycles. The van der Waals surface area contributed by atoms with Gasteiger partial charge in [-0.2, -0.15) is 0 Å². The summed E-state index contributed by atoms with van der Waals surface area (Å²) in [6, 6.07) is 2.53. The van der Waals surface area contributed by atoms with Crippen LogP contribution in [-0.2, 0) is 0 Å². The van der Waals surface area contributed by atoms with Gasteiger partial charge in [0.2, 0.25) is 0 Å². The van der Waals surface area contributed by atoms with Gasteiger partial charge < -0.3 is 10.4 Å². The minimum Gasteiger partial charge on any atom is -0.396 e. The van der Waals surface area contributed by atoms with E-state index in [2.05, 4.69) is 10.3 Å². The molecule has 0 bridgehead atoms. The number of rotatable bonds is 6. The third kappa shape index (κ3) is 4.54. The van der Waals surface area contributed by atoms with E-state index in [1.807, 2.05) is 6.92 Å². The first-order chi connectivity index (χ1) is 8.02. The highest BCUT2D eigenvalue weighted by atomic mass is 35.5. The second-order valence-corrected chi connectivity index (χ2v) is 4.18. The number of halogens is 1. The third-order valence-corrected chi connectivity index (χ3v) is 2.44. The van der Waals surface area contributed by atoms with Crippen LogP contribution in [0.15, 0.2) is 12.1 Å². The van der Waals surface area contributed by atoms with Crippen LogP contribution < -0.4 is 5.32 Å². The monoisotopic (exact) mass is 259 g/mol. The summed E-state index contributed by atoms with van der Waals surface area (Å²) in [5.74, 6) is 0.619. The van der Waals surface area contributed by atoms with Crippen molar-refractivity contribution in [3.8, 4) is 0 Å². The maximum Gasteiger partial charge on any atom is 0.276 e. The SMILES string of the molecule is CC(CCO)CNc1cc([N+](=O)[O-])cc(Cl)n1. The van der Waals surface area contributed by atoms with E-state index in [0.717, 1.165) is 0 Å². The Morgan fingerprint density at radius 2 is 2.35 bits per heavy atom. The number of aromatic nitrogens is 1. The van der Waals surface area contributed by atoms with Gasteiger partial charge in [0.15, 0.2) is 0 Å². The van der Waals surface area contributed by atoms with Crippen LogP contribution >= 0.6 is 11.6 Å². The molecule has 0 aromatic carbocycles. The van der Waals surface area contributed by atoms with Crippen molar-refractivity contribution in [1.82, 2.24) is 4.98 Å². The van der Waals surface area contributed by atoms with Gasteiger partial charge in [-0.15, -0.1) is 0 Å². The Balaban J connectivity index is 2.68. The molecule has 17 heavy (non-hydrogen) atoms. The summed E-state index contributed by atoms with van der Waals surface area (Å²) >= 11 is 5.67. The molecule has 1 heterocycles. The molecule has 0 aliphatic heterocycles. The highest BCUT2D eigenvalue weighted by Crippen LogP contribution is 2.20. The Hall–Kier alpha value is -1.40. The predicted molar refractivity (Wildman–Crippen MR) is 65.3 cm³/mol. The number of pyridine rings is 1. The van der Waals surface area contributed by atoms with E-state index < -0.39 is 4.92 Å². The Bertz CT molecular complexity index is 400. The number of nitro groups is 1. The van der Waals surface area contributed by atoms with Crippen molar-refractivity contribution in [3.05, 3.63) is 27.4 Å². The van der Waals surface area contributed by atoms with Gasteiger partial charge in [-0.25, -0.2) is 4.98 Å². The lowest BCUT2D eigenvalue weighted by molar-refractivity contribution is -0.384. The summed E-state index contributed by atoms with van der Waals surface area (Å²) in [6.45, 7) is 2.65. The van der Waals surface area contributed by atoms with Gasteiger partial charge in [0.05, 0.1) is 17.1 Å². The maximum atomic E-state index is 10.6. The Labute approximate surface area is 104 Å². The van der Waals surface area contributed by atoms with Gasteiger partial charge in [-0.3, -0.25) is 10.1 Å². The van der Waals surface area contributed by atoms with E-state index in [9.17, 15) is 10.1 Å². The molecule has 1 aromatic rings. The summed E-state index contributed by atoms with van der Waals surface area (Å²) in [7, 11) is 0. The lowest BCUT2D eigenvalue weighted by Gasteiger charge is -2.11. The fourth-order valence-corrected chi connectivity index (χ4v) is 1.48. The van der Waals surface area contributed by atoms with Crippen LogP contribution in [0.25, 0.3) is 0 Å². The van der Waals surface area contributed by atoms with Crippen molar-refractivity contribution in [3.63, 3.8) is 0 Å². The van der Waals surface area contributed by atoms with Gasteiger partial charge in [-0.1, -0.05) is 18.5 Å². The second kappa shape index (κ2) is 6.36. The number of nitrogens with zero attached hydrogens (tertiary/aromatic N) is 2. The Kier molecular flexibility index (Phi) is 5.11. The van der Waals surface area contributed by atoms with Crippen molar-refractivity contribution < 1.29 is 10.0 Å². The van der Waals surface area contributed by atoms with Gasteiger partial charge in [0, 0.05) is 13.2 Å². The summed E-state index contributed by atoms with van der Waals surface area (Å²) in [5.41, 5.74) is -0.0951. The molecular formula is C10H14ClN3O3. The zero-order valence-electron chi connectivity index (χ0n) is 9.39. The van der Waals surface area contributed by atoms with Gasteiger partial charge in [0.1, 0.15) is 11.0 Å². The lowest BCUT2D eigenvalue weighted by Crippen LogP contribution is -2.13. The smallest absolute Gasteiger partial charge is 0.276 e. The van der Waals surface area contributed by atoms with Crippen LogP contribution in [0.2, 0.25) is 5.15 Å². The molecule has 0 aliphatic rings. The molecule has 0 saturated heterocycles. The maximum absolute atomic E-state index is 10.6. The molecule has 0 radical (unpaired) electrons. The molecule has 0 fully saturated rings. The summed E-state index contributed by atoms with van der Waals surface area (Å²) in [5, 5.41) is 22.4. The zero-order chi connectivity index (χ0) is 12.8. The second-order valence-electron chi connectivity index (χ2n) is 3.79. The molecule has 0 aliphatic carbocycles. The number of anilines is 1. The lowest BCUT2D eigenvalue weighted by atomic mass is 10.1. The van der Waals surface area contributed by atoms with Gasteiger partial charge in [0.25, 0.3) is 5.69 Å². The van der Waals surface area contributed by atoms with Gasteiger partial charge in [-0.05, 0) is 12.3 Å². The van der Waals surface area contributed by atoms with E-state index >= 15 is 0 Å². The molecule has 2 N–H and O–H groups in total. The van der Waals surface area contributed by atoms with E-state index in [4.69, 9.17) is 16.7 Å². The number of nitrogens with one attached hydrogen (secondary N) is 1. The van der Waals surface area contributed by atoms with Crippen LogP contribution in [-0.4, -0.2) is 28.2 Å². The fourth-order valence-electron chi connectivity index (χ4n) is 1.28. The summed E-state index contributed by atoms with van der Waals surface area (Å²) < 4.78 is 0. The first kappa shape index (κ1) is 13.7. The molecule has 7 heteroatoms. The minimum absolute atomic E-state index is 0.0801. The highest BCUT2D eigenvalue weighted by molar-refractivity contribution is 6.29. The van der Waals surface area contributed by atoms with Crippen LogP contribution in [0.5, 0.6) is 0 Å². The third-order valence-electron chi connectivity index (χ3n) is 2.24. The van der Waals surface area contributed by atoms with Crippen molar-refractivity contribution in [2.24, 2.45) is 5.92 Å². The highest BCUT2D eigenvalue weighted by Gasteiger charge is 2.10. The summed E-state index contributed by atoms with van der Waals surface area (Å²) in [6.07, 6.45) is 0.662. The van der Waals surface area contributed by atoms with Crippen LogP contribution in [0.1, 0.15) is 13.3 Å². The topological polar surface area (TPSA) is 88.3 Å². The van der Waals surface area contributed by atoms with Crippen molar-refractivity contribution in [2.75, 3.05) is 18.5 Å². The molecule has 6 nitrogen and oxygen atoms in total. The Morgan fingerprint density at radius 3 is 2.94 bits per heavy atom. The van der Waals surface area contributed by atoms with E-state index in [0.29, 0.717) is 18.8 Å². The van der Waals surface area contributed by atoms with Crippen LogP contribution in [0, 0.1) is 16.0 Å². The average Bonchev–Trinajstić information content (AvgIpc) is 2.26. The molecule has 1 aromatic heterocycles. The minimum atomic E-state index is -0.518. The number of hydrogen-bond acceptors (Lipinski definition) is 5. The average molecular weight is 260 g/mol. The first-order valence-corrected chi connectivity index (χ1v) is 5.57. The normalized spacial score (nSPS) is 12.2. The van der Waals surface area contributed by atoms with Crippen molar-refractivity contribution in [2.45, 2.75) is 13.3 Å². The number of hydrogen-bond donors (Lipinski definition) is 2. The fraction of sp³-hybridized carbons (Fsp3) is 0.500. The zero-order valence-corrected chi connectivity index (χ0v) is 10.1. The molecule has 1 unspecified atom stereocenters. The van der Waals surface area contributed by atoms with Crippen molar-refractivity contribution >= 4 is 23.1 Å². The standard InChI is InChI=1S/C10H14ClN3O3/c1-7(2-3-15)6-12-10-5-8(14(16)17)4-9(11)13-10/h4-5,7,15H,2-3,6H2,1H3,(H,12,13). The van der Waals surface area contributed by atoms with Crippen LogP contribution in [0.4, 0.5) is 11.5 Å². The Morgan fingerprint density at radius 1 is 1.65 bits per heavy atom. The molecular weight excluding hydrogens is 246 g/mol. The molecule has 0 amide bonds. The van der Waals surface area contributed by atoms with Crippen LogP contribution in [0.3, 0.4) is 0 Å². The quantitative estimate of drug-likeness (QED) is 0.464. The van der Waals surface area contributed by atoms with E-state index in [1.165, 1.54) is 12.1 Å². The molecule has 0 spiro atoms. The van der Waals surface area contributed by atoms with Crippen molar-refractivity contribution in [1.29, 1.82) is 0 Å². The molecule has 1 atom stereocenters.